The van der Waals surface area contributed by atoms with E-state index in [1.54, 1.807) is 34.9 Å². The predicted octanol–water partition coefficient (Wildman–Crippen LogP) is 4.10. The van der Waals surface area contributed by atoms with E-state index in [1.165, 1.54) is 12.1 Å². The van der Waals surface area contributed by atoms with Gasteiger partial charge in [-0.15, -0.1) is 0 Å². The molecular weight excluding hydrogens is 447 g/mol. The molecule has 1 unspecified atom stereocenters. The lowest BCUT2D eigenvalue weighted by atomic mass is 10.0. The van der Waals surface area contributed by atoms with Crippen LogP contribution in [0.25, 0.3) is 0 Å². The average Bonchev–Trinajstić information content (AvgIpc) is 3.43. The van der Waals surface area contributed by atoms with E-state index in [0.717, 1.165) is 23.4 Å². The molecule has 1 saturated heterocycles. The van der Waals surface area contributed by atoms with E-state index in [1.807, 2.05) is 0 Å². The molecule has 0 radical (unpaired) electrons. The summed E-state index contributed by atoms with van der Waals surface area (Å²) in [6, 6.07) is 9.08. The molecule has 0 spiro atoms. The Bertz CT molecular complexity index is 1120. The number of fused-ring (bicyclic) bond motifs is 1. The van der Waals surface area contributed by atoms with Crippen molar-refractivity contribution in [2.75, 3.05) is 24.5 Å². The standard InChI is InChI=1S/C25H26F3N3O3/c1-2-22(32)31-12-10-17-13-18(8-9-21(17)31)24(34)29-20(15-30-11-4-7-23(30)33)16-5-3-6-19(14-16)25(26,27)28/h3,5-6,8-9,13-14,20H,2,4,7,10-12,15H2,1H3,(H,29,34). The lowest BCUT2D eigenvalue weighted by Gasteiger charge is -2.26. The Morgan fingerprint density at radius 3 is 2.56 bits per heavy atom. The van der Waals surface area contributed by atoms with Gasteiger partial charge in [0.2, 0.25) is 11.8 Å². The fraction of sp³-hybridized carbons (Fsp3) is 0.400. The number of carbonyl (C=O) groups excluding carboxylic acids is 3. The summed E-state index contributed by atoms with van der Waals surface area (Å²) in [4.78, 5) is 40.7. The molecule has 2 aromatic carbocycles. The van der Waals surface area contributed by atoms with Crippen LogP contribution >= 0.6 is 0 Å². The Hall–Kier alpha value is -3.36. The van der Waals surface area contributed by atoms with E-state index in [-0.39, 0.29) is 23.9 Å². The smallest absolute Gasteiger partial charge is 0.343 e. The van der Waals surface area contributed by atoms with Gasteiger partial charge in [-0.3, -0.25) is 14.4 Å². The van der Waals surface area contributed by atoms with Gasteiger partial charge in [0, 0.05) is 43.7 Å². The number of alkyl halides is 3. The highest BCUT2D eigenvalue weighted by atomic mass is 19.4. The average molecular weight is 473 g/mol. The molecule has 3 amide bonds. The number of benzene rings is 2. The molecule has 1 N–H and O–H groups in total. The number of hydrogen-bond acceptors (Lipinski definition) is 3. The summed E-state index contributed by atoms with van der Waals surface area (Å²) < 4.78 is 39.9. The Labute approximate surface area is 195 Å². The summed E-state index contributed by atoms with van der Waals surface area (Å²) in [5.74, 6) is -0.516. The number of nitrogens with zero attached hydrogens (tertiary/aromatic N) is 2. The van der Waals surface area contributed by atoms with Crippen molar-refractivity contribution < 1.29 is 27.6 Å². The molecule has 2 heterocycles. The summed E-state index contributed by atoms with van der Waals surface area (Å²) in [6.07, 6.45) is -2.44. The highest BCUT2D eigenvalue weighted by Gasteiger charge is 2.32. The molecule has 9 heteroatoms. The second-order valence-corrected chi connectivity index (χ2v) is 8.58. The number of halogens is 3. The first-order chi connectivity index (χ1) is 16.2. The van der Waals surface area contributed by atoms with Gasteiger partial charge in [0.15, 0.2) is 0 Å². The third kappa shape index (κ3) is 4.93. The Morgan fingerprint density at radius 1 is 1.09 bits per heavy atom. The fourth-order valence-electron chi connectivity index (χ4n) is 4.52. The van der Waals surface area contributed by atoms with Gasteiger partial charge < -0.3 is 15.1 Å². The normalized spacial score (nSPS) is 16.5. The van der Waals surface area contributed by atoms with Gasteiger partial charge in [-0.25, -0.2) is 0 Å². The van der Waals surface area contributed by atoms with Gasteiger partial charge in [-0.1, -0.05) is 19.1 Å². The van der Waals surface area contributed by atoms with E-state index in [0.29, 0.717) is 44.3 Å². The maximum absolute atomic E-state index is 13.3. The monoisotopic (exact) mass is 473 g/mol. The molecule has 4 rings (SSSR count). The van der Waals surface area contributed by atoms with Gasteiger partial charge in [0.1, 0.15) is 0 Å². The molecule has 1 atom stereocenters. The van der Waals surface area contributed by atoms with Crippen molar-refractivity contribution in [1.82, 2.24) is 10.2 Å². The predicted molar refractivity (Wildman–Crippen MR) is 120 cm³/mol. The topological polar surface area (TPSA) is 69.7 Å². The van der Waals surface area contributed by atoms with Crippen LogP contribution in [0.1, 0.15) is 59.3 Å². The van der Waals surface area contributed by atoms with Crippen LogP contribution in [0.4, 0.5) is 18.9 Å². The summed E-state index contributed by atoms with van der Waals surface area (Å²) >= 11 is 0. The largest absolute Gasteiger partial charge is 0.416 e. The number of anilines is 1. The number of nitrogens with one attached hydrogen (secondary N) is 1. The summed E-state index contributed by atoms with van der Waals surface area (Å²) in [6.45, 7) is 2.94. The van der Waals surface area contributed by atoms with Crippen LogP contribution < -0.4 is 10.2 Å². The molecule has 2 aliphatic heterocycles. The fourth-order valence-corrected chi connectivity index (χ4v) is 4.52. The van der Waals surface area contributed by atoms with E-state index in [2.05, 4.69) is 5.32 Å². The van der Waals surface area contributed by atoms with Crippen molar-refractivity contribution in [3.8, 4) is 0 Å². The van der Waals surface area contributed by atoms with E-state index < -0.39 is 23.7 Å². The minimum Gasteiger partial charge on any atom is -0.343 e. The van der Waals surface area contributed by atoms with Crippen LogP contribution in [0.3, 0.4) is 0 Å². The number of likely N-dealkylation sites (tertiary alicyclic amines) is 1. The summed E-state index contributed by atoms with van der Waals surface area (Å²) in [5, 5.41) is 2.83. The summed E-state index contributed by atoms with van der Waals surface area (Å²) in [5.41, 5.74) is 1.48. The van der Waals surface area contributed by atoms with Crippen molar-refractivity contribution in [3.63, 3.8) is 0 Å². The van der Waals surface area contributed by atoms with Gasteiger partial charge in [-0.2, -0.15) is 13.2 Å². The highest BCUT2D eigenvalue weighted by Crippen LogP contribution is 2.32. The van der Waals surface area contributed by atoms with Crippen molar-refractivity contribution >= 4 is 23.4 Å². The molecule has 0 aromatic heterocycles. The first-order valence-electron chi connectivity index (χ1n) is 11.4. The van der Waals surface area contributed by atoms with Crippen molar-refractivity contribution in [2.45, 2.75) is 44.8 Å². The second-order valence-electron chi connectivity index (χ2n) is 8.58. The van der Waals surface area contributed by atoms with Crippen molar-refractivity contribution in [2.24, 2.45) is 0 Å². The number of rotatable bonds is 6. The quantitative estimate of drug-likeness (QED) is 0.687. The molecule has 6 nitrogen and oxygen atoms in total. The van der Waals surface area contributed by atoms with Crippen LogP contribution in [0.2, 0.25) is 0 Å². The van der Waals surface area contributed by atoms with Gasteiger partial charge in [-0.05, 0) is 54.3 Å². The Balaban J connectivity index is 1.59. The number of carbonyl (C=O) groups is 3. The van der Waals surface area contributed by atoms with Gasteiger partial charge >= 0.3 is 6.18 Å². The number of amides is 3. The molecule has 180 valence electrons. The van der Waals surface area contributed by atoms with E-state index in [4.69, 9.17) is 0 Å². The van der Waals surface area contributed by atoms with Crippen LogP contribution in [0.15, 0.2) is 42.5 Å². The molecule has 2 aromatic rings. The van der Waals surface area contributed by atoms with Crippen LogP contribution in [-0.4, -0.2) is 42.3 Å². The minimum absolute atomic E-state index is 0.0100. The van der Waals surface area contributed by atoms with Gasteiger partial charge in [0.05, 0.1) is 11.6 Å². The third-order valence-electron chi connectivity index (χ3n) is 6.34. The molecule has 0 bridgehead atoms. The van der Waals surface area contributed by atoms with Crippen LogP contribution in [-0.2, 0) is 22.2 Å². The zero-order chi connectivity index (χ0) is 24.5. The molecule has 1 fully saturated rings. The second kappa shape index (κ2) is 9.48. The molecule has 0 aliphatic carbocycles. The lowest BCUT2D eigenvalue weighted by molar-refractivity contribution is -0.137. The Morgan fingerprint density at radius 2 is 1.88 bits per heavy atom. The van der Waals surface area contributed by atoms with Crippen molar-refractivity contribution in [3.05, 3.63) is 64.7 Å². The van der Waals surface area contributed by atoms with Crippen molar-refractivity contribution in [1.29, 1.82) is 0 Å². The maximum atomic E-state index is 13.3. The number of hydrogen-bond donors (Lipinski definition) is 1. The maximum Gasteiger partial charge on any atom is 0.416 e. The minimum atomic E-state index is -4.52. The first-order valence-corrected chi connectivity index (χ1v) is 11.4. The SMILES string of the molecule is CCC(=O)N1CCc2cc(C(=O)NC(CN3CCCC3=O)c3cccc(C(F)(F)F)c3)ccc21. The van der Waals surface area contributed by atoms with Gasteiger partial charge in [0.25, 0.3) is 5.91 Å². The lowest BCUT2D eigenvalue weighted by Crippen LogP contribution is -2.38. The molecule has 34 heavy (non-hydrogen) atoms. The van der Waals surface area contributed by atoms with E-state index in [9.17, 15) is 27.6 Å². The Kier molecular flexibility index (Phi) is 6.63. The third-order valence-corrected chi connectivity index (χ3v) is 6.34. The van der Waals surface area contributed by atoms with E-state index >= 15 is 0 Å². The van der Waals surface area contributed by atoms with Crippen LogP contribution in [0.5, 0.6) is 0 Å². The molecule has 2 aliphatic rings. The van der Waals surface area contributed by atoms with Crippen LogP contribution in [0, 0.1) is 0 Å². The molecular formula is C25H26F3N3O3. The zero-order valence-corrected chi connectivity index (χ0v) is 18.8. The highest BCUT2D eigenvalue weighted by molar-refractivity contribution is 5.98. The zero-order valence-electron chi connectivity index (χ0n) is 18.8. The summed E-state index contributed by atoms with van der Waals surface area (Å²) in [7, 11) is 0. The first kappa shape index (κ1) is 23.8. The molecule has 0 saturated carbocycles.